The van der Waals surface area contributed by atoms with E-state index in [0.717, 1.165) is 57.3 Å². The van der Waals surface area contributed by atoms with Gasteiger partial charge in [0.1, 0.15) is 12.7 Å². The maximum absolute atomic E-state index is 12.6. The number of allylic oxidation sites excluding steroid dienone is 6. The van der Waals surface area contributed by atoms with E-state index in [4.69, 9.17) is 23.8 Å². The predicted molar refractivity (Wildman–Crippen MR) is 214 cm³/mol. The standard InChI is InChI=1S/C39H70O15P2/c1-4-6-16-23-34(40)24-18-13-8-7-9-14-19-25-35(41)26-21-28-38(43)50-31-37(32-53-56(48,49)52-30-36(42)29-51-55(45,46)47)54-39(44)27-20-15-11-10-12-17-22-33(3)5-2/h8-9,13-14,18-19,24-25,33-37,40-42H,4-7,10-12,15-17,20-23,26-32H2,1-3H3,(H,48,49)(H2,45,46,47)/b13-8-,14-9-,24-18+,25-19+/t33?,34-,35-,36-,37+/m0/s1. The van der Waals surface area contributed by atoms with Crippen LogP contribution in [0.25, 0.3) is 0 Å². The van der Waals surface area contributed by atoms with E-state index < -0.39 is 78.4 Å². The molecule has 0 aromatic rings. The molecule has 0 saturated heterocycles. The fourth-order valence-corrected chi connectivity index (χ4v) is 6.10. The van der Waals surface area contributed by atoms with Gasteiger partial charge in [-0.2, -0.15) is 0 Å². The fraction of sp³-hybridized carbons (Fsp3) is 0.744. The molecule has 0 spiro atoms. The number of hydrogen-bond donors (Lipinski definition) is 6. The van der Waals surface area contributed by atoms with Crippen LogP contribution in [0, 0.1) is 5.92 Å². The molecule has 17 heteroatoms. The summed E-state index contributed by atoms with van der Waals surface area (Å²) in [6, 6.07) is 0. The number of hydrogen-bond acceptors (Lipinski definition) is 12. The van der Waals surface area contributed by atoms with Crippen LogP contribution in [-0.4, -0.2) is 92.8 Å². The molecule has 6 atom stereocenters. The van der Waals surface area contributed by atoms with E-state index in [1.165, 1.54) is 19.3 Å². The van der Waals surface area contributed by atoms with Crippen molar-refractivity contribution < 1.29 is 71.8 Å². The summed E-state index contributed by atoms with van der Waals surface area (Å²) in [5.74, 6) is -0.548. The van der Waals surface area contributed by atoms with Crippen molar-refractivity contribution in [3.05, 3.63) is 48.6 Å². The maximum Gasteiger partial charge on any atom is 0.472 e. The molecule has 0 aliphatic heterocycles. The summed E-state index contributed by atoms with van der Waals surface area (Å²) < 4.78 is 47.4. The molecule has 0 aromatic heterocycles. The number of rotatable bonds is 36. The summed E-state index contributed by atoms with van der Waals surface area (Å²) in [6.07, 6.45) is 23.6. The van der Waals surface area contributed by atoms with E-state index in [2.05, 4.69) is 29.8 Å². The van der Waals surface area contributed by atoms with Gasteiger partial charge in [-0.25, -0.2) is 9.13 Å². The van der Waals surface area contributed by atoms with Gasteiger partial charge in [-0.3, -0.25) is 23.2 Å². The quantitative estimate of drug-likeness (QED) is 0.0157. The minimum Gasteiger partial charge on any atom is -0.462 e. The Morgan fingerprint density at radius 1 is 0.625 bits per heavy atom. The Labute approximate surface area is 334 Å². The zero-order valence-electron chi connectivity index (χ0n) is 33.6. The van der Waals surface area contributed by atoms with E-state index in [1.54, 1.807) is 24.3 Å². The van der Waals surface area contributed by atoms with E-state index in [0.29, 0.717) is 19.3 Å². The van der Waals surface area contributed by atoms with Gasteiger partial charge < -0.3 is 39.5 Å². The topological polar surface area (TPSA) is 236 Å². The predicted octanol–water partition coefficient (Wildman–Crippen LogP) is 7.30. The number of phosphoric acid groups is 2. The van der Waals surface area contributed by atoms with Crippen LogP contribution in [-0.2, 0) is 41.8 Å². The van der Waals surface area contributed by atoms with Crippen molar-refractivity contribution in [1.82, 2.24) is 0 Å². The molecule has 2 unspecified atom stereocenters. The lowest BCUT2D eigenvalue weighted by molar-refractivity contribution is -0.161. The van der Waals surface area contributed by atoms with Gasteiger partial charge in [-0.1, -0.05) is 134 Å². The van der Waals surface area contributed by atoms with Crippen LogP contribution in [0.5, 0.6) is 0 Å². The number of ether oxygens (including phenoxy) is 2. The first kappa shape index (κ1) is 54.0. The van der Waals surface area contributed by atoms with Crippen molar-refractivity contribution in [3.63, 3.8) is 0 Å². The van der Waals surface area contributed by atoms with Gasteiger partial charge in [0.15, 0.2) is 6.10 Å². The highest BCUT2D eigenvalue weighted by Crippen LogP contribution is 2.43. The van der Waals surface area contributed by atoms with Crippen LogP contribution in [0.3, 0.4) is 0 Å². The summed E-state index contributed by atoms with van der Waals surface area (Å²) in [6.45, 7) is 3.60. The van der Waals surface area contributed by atoms with Crippen molar-refractivity contribution in [2.24, 2.45) is 5.92 Å². The Bertz CT molecular complexity index is 1230. The van der Waals surface area contributed by atoms with Crippen molar-refractivity contribution >= 4 is 27.6 Å². The van der Waals surface area contributed by atoms with Crippen molar-refractivity contribution in [2.45, 2.75) is 154 Å². The highest BCUT2D eigenvalue weighted by atomic mass is 31.2. The van der Waals surface area contributed by atoms with Gasteiger partial charge in [0.25, 0.3) is 0 Å². The minimum absolute atomic E-state index is 0.0542. The number of carbonyl (C=O) groups excluding carboxylic acids is 2. The Morgan fingerprint density at radius 3 is 1.77 bits per heavy atom. The molecule has 56 heavy (non-hydrogen) atoms. The summed E-state index contributed by atoms with van der Waals surface area (Å²) >= 11 is 0. The van der Waals surface area contributed by atoms with Crippen molar-refractivity contribution in [3.8, 4) is 0 Å². The van der Waals surface area contributed by atoms with Gasteiger partial charge in [-0.15, -0.1) is 0 Å². The van der Waals surface area contributed by atoms with Crippen LogP contribution in [0.4, 0.5) is 0 Å². The first-order valence-electron chi connectivity index (χ1n) is 19.9. The number of esters is 2. The van der Waals surface area contributed by atoms with Gasteiger partial charge in [0.05, 0.1) is 32.0 Å². The van der Waals surface area contributed by atoms with E-state index in [1.807, 2.05) is 24.3 Å². The van der Waals surface area contributed by atoms with Crippen LogP contribution >= 0.6 is 15.6 Å². The molecule has 6 N–H and O–H groups in total. The van der Waals surface area contributed by atoms with E-state index in [9.17, 15) is 38.9 Å². The van der Waals surface area contributed by atoms with Crippen molar-refractivity contribution in [1.29, 1.82) is 0 Å². The van der Waals surface area contributed by atoms with Crippen LogP contribution in [0.1, 0.15) is 130 Å². The molecule has 0 aromatic carbocycles. The molecule has 0 radical (unpaired) electrons. The molecule has 0 saturated carbocycles. The van der Waals surface area contributed by atoms with Crippen molar-refractivity contribution in [2.75, 3.05) is 26.4 Å². The Balaban J connectivity index is 4.79. The molecule has 0 heterocycles. The Morgan fingerprint density at radius 2 is 1.16 bits per heavy atom. The lowest BCUT2D eigenvalue weighted by Gasteiger charge is -2.20. The summed E-state index contributed by atoms with van der Waals surface area (Å²) in [5.41, 5.74) is 0. The molecular weight excluding hydrogens is 770 g/mol. The van der Waals surface area contributed by atoms with E-state index >= 15 is 0 Å². The molecule has 0 aliphatic carbocycles. The normalized spacial score (nSPS) is 16.4. The first-order chi connectivity index (χ1) is 26.6. The maximum atomic E-state index is 12.6. The second-order valence-corrected chi connectivity index (χ2v) is 16.5. The second kappa shape index (κ2) is 33.9. The number of aliphatic hydroxyl groups excluding tert-OH is 3. The molecule has 326 valence electrons. The molecule has 0 amide bonds. The number of carbonyl (C=O) groups is 2. The molecule has 0 fully saturated rings. The van der Waals surface area contributed by atoms with Gasteiger partial charge in [-0.05, 0) is 38.0 Å². The smallest absolute Gasteiger partial charge is 0.462 e. The Kier molecular flexibility index (Phi) is 32.7. The SMILES string of the molecule is CCCCC[C@H](O)/C=C/C=C\C/C=C\C=C\[C@H](O)CCCC(=O)OC[C@H](COP(=O)(O)OC[C@@H](O)COP(=O)(O)O)OC(=O)CCCCCCCCC(C)CC. The summed E-state index contributed by atoms with van der Waals surface area (Å²) in [4.78, 5) is 52.5. The monoisotopic (exact) mass is 840 g/mol. The lowest BCUT2D eigenvalue weighted by atomic mass is 10.00. The zero-order chi connectivity index (χ0) is 42.1. The fourth-order valence-electron chi connectivity index (χ4n) is 4.95. The largest absolute Gasteiger partial charge is 0.472 e. The minimum atomic E-state index is -4.88. The van der Waals surface area contributed by atoms with Crippen LogP contribution in [0.15, 0.2) is 48.6 Å². The molecule has 0 rings (SSSR count). The number of aliphatic hydroxyl groups is 3. The van der Waals surface area contributed by atoms with Crippen LogP contribution in [0.2, 0.25) is 0 Å². The third-order valence-corrected chi connectivity index (χ3v) is 9.90. The number of phosphoric ester groups is 2. The van der Waals surface area contributed by atoms with Gasteiger partial charge >= 0.3 is 27.6 Å². The van der Waals surface area contributed by atoms with Gasteiger partial charge in [0.2, 0.25) is 0 Å². The highest BCUT2D eigenvalue weighted by molar-refractivity contribution is 7.47. The Hall–Kier alpha value is -2.00. The average Bonchev–Trinajstić information content (AvgIpc) is 3.14. The summed E-state index contributed by atoms with van der Waals surface area (Å²) in [5, 5.41) is 29.8. The lowest BCUT2D eigenvalue weighted by Crippen LogP contribution is -2.30. The molecule has 15 nitrogen and oxygen atoms in total. The molecule has 0 bridgehead atoms. The molecule has 0 aliphatic rings. The molecular formula is C39H70O15P2. The third kappa shape index (κ3) is 36.3. The third-order valence-electron chi connectivity index (χ3n) is 8.46. The van der Waals surface area contributed by atoms with Crippen LogP contribution < -0.4 is 0 Å². The summed E-state index contributed by atoms with van der Waals surface area (Å²) in [7, 11) is -9.74. The van der Waals surface area contributed by atoms with Gasteiger partial charge in [0, 0.05) is 12.8 Å². The number of unbranched alkanes of at least 4 members (excludes halogenated alkanes) is 7. The highest BCUT2D eigenvalue weighted by Gasteiger charge is 2.28. The second-order valence-electron chi connectivity index (χ2n) is 13.9. The zero-order valence-corrected chi connectivity index (χ0v) is 35.4. The van der Waals surface area contributed by atoms with E-state index in [-0.39, 0.29) is 19.3 Å². The average molecular weight is 841 g/mol. The first-order valence-corrected chi connectivity index (χ1v) is 23.0.